The van der Waals surface area contributed by atoms with Crippen LogP contribution in [0.1, 0.15) is 59.4 Å². The summed E-state index contributed by atoms with van der Waals surface area (Å²) in [6, 6.07) is 3.74. The van der Waals surface area contributed by atoms with Gasteiger partial charge in [-0.05, 0) is 58.1 Å². The van der Waals surface area contributed by atoms with Crippen molar-refractivity contribution in [2.24, 2.45) is 11.7 Å². The predicted octanol–water partition coefficient (Wildman–Crippen LogP) is 3.81. The van der Waals surface area contributed by atoms with Gasteiger partial charge in [-0.2, -0.15) is 0 Å². The third-order valence-corrected chi connectivity index (χ3v) is 4.55. The molecule has 0 radical (unpaired) electrons. The van der Waals surface area contributed by atoms with Crippen molar-refractivity contribution in [2.75, 3.05) is 19.8 Å². The zero-order valence-corrected chi connectivity index (χ0v) is 16.8. The van der Waals surface area contributed by atoms with Crippen LogP contribution in [0.25, 0.3) is 0 Å². The fraction of sp³-hybridized carbons (Fsp3) is 0.650. The van der Waals surface area contributed by atoms with Crippen LogP contribution < -0.4 is 19.9 Å². The summed E-state index contributed by atoms with van der Waals surface area (Å²) in [6.07, 6.45) is 0.333. The van der Waals surface area contributed by atoms with E-state index < -0.39 is 11.5 Å². The molecule has 26 heavy (non-hydrogen) atoms. The van der Waals surface area contributed by atoms with Gasteiger partial charge in [0, 0.05) is 5.56 Å². The largest absolute Gasteiger partial charge is 0.493 e. The van der Waals surface area contributed by atoms with Gasteiger partial charge in [0.2, 0.25) is 0 Å². The molecule has 6 heteroatoms. The van der Waals surface area contributed by atoms with Gasteiger partial charge in [-0.25, -0.2) is 0 Å². The van der Waals surface area contributed by atoms with E-state index in [2.05, 4.69) is 0 Å². The monoisotopic (exact) mass is 367 g/mol. The average molecular weight is 367 g/mol. The van der Waals surface area contributed by atoms with Gasteiger partial charge in [0.25, 0.3) is 0 Å². The molecule has 1 rings (SSSR count). The summed E-state index contributed by atoms with van der Waals surface area (Å²) in [5.41, 5.74) is 5.57. The molecule has 0 heterocycles. The van der Waals surface area contributed by atoms with Crippen LogP contribution in [-0.4, -0.2) is 36.4 Å². The number of carboxylic acid groups (broad SMARTS) is 1. The zero-order valence-electron chi connectivity index (χ0n) is 16.8. The maximum absolute atomic E-state index is 11.4. The molecule has 1 aromatic carbocycles. The van der Waals surface area contributed by atoms with Crippen LogP contribution in [0.2, 0.25) is 0 Å². The molecule has 0 spiro atoms. The van der Waals surface area contributed by atoms with Crippen LogP contribution in [0, 0.1) is 5.92 Å². The first-order valence-electron chi connectivity index (χ1n) is 9.27. The van der Waals surface area contributed by atoms with E-state index in [4.69, 9.17) is 19.9 Å². The molecular formula is C20H33NO5. The lowest BCUT2D eigenvalue weighted by Gasteiger charge is -2.30. The summed E-state index contributed by atoms with van der Waals surface area (Å²) in [4.78, 5) is 11.4. The maximum atomic E-state index is 11.4. The van der Waals surface area contributed by atoms with Gasteiger partial charge in [-0.15, -0.1) is 0 Å². The lowest BCUT2D eigenvalue weighted by molar-refractivity contribution is -0.143. The lowest BCUT2D eigenvalue weighted by Crippen LogP contribution is -2.46. The van der Waals surface area contributed by atoms with Gasteiger partial charge in [0.1, 0.15) is 11.3 Å². The fourth-order valence-corrected chi connectivity index (χ4v) is 3.05. The molecule has 3 N–H and O–H groups in total. The van der Waals surface area contributed by atoms with Crippen molar-refractivity contribution in [3.05, 3.63) is 17.7 Å². The van der Waals surface area contributed by atoms with Crippen LogP contribution in [0.5, 0.6) is 17.2 Å². The normalized spacial score (nSPS) is 15.7. The van der Waals surface area contributed by atoms with E-state index >= 15 is 0 Å². The van der Waals surface area contributed by atoms with Gasteiger partial charge in [-0.1, -0.05) is 13.8 Å². The minimum atomic E-state index is -1.29. The molecule has 0 aliphatic rings. The zero-order chi connectivity index (χ0) is 19.9. The summed E-state index contributed by atoms with van der Waals surface area (Å²) < 4.78 is 17.5. The van der Waals surface area contributed by atoms with Crippen molar-refractivity contribution in [3.63, 3.8) is 0 Å². The first-order chi connectivity index (χ1) is 12.2. The molecule has 0 aromatic heterocycles. The summed E-state index contributed by atoms with van der Waals surface area (Å²) in [7, 11) is 0. The molecular weight excluding hydrogens is 334 g/mol. The Bertz CT molecular complexity index is 600. The van der Waals surface area contributed by atoms with Crippen molar-refractivity contribution < 1.29 is 24.1 Å². The number of hydrogen-bond acceptors (Lipinski definition) is 5. The number of nitrogens with two attached hydrogens (primary N) is 1. The highest BCUT2D eigenvalue weighted by Crippen LogP contribution is 2.45. The van der Waals surface area contributed by atoms with Crippen molar-refractivity contribution in [1.82, 2.24) is 0 Å². The molecule has 0 aliphatic carbocycles. The minimum absolute atomic E-state index is 0.00334. The van der Waals surface area contributed by atoms with Crippen LogP contribution in [0.15, 0.2) is 12.1 Å². The fourth-order valence-electron chi connectivity index (χ4n) is 3.05. The van der Waals surface area contributed by atoms with E-state index in [1.54, 1.807) is 6.92 Å². The van der Waals surface area contributed by atoms with E-state index in [9.17, 15) is 9.90 Å². The number of carbonyl (C=O) groups is 1. The summed E-state index contributed by atoms with van der Waals surface area (Å²) in [5.74, 6) is 1.02. The molecule has 3 unspecified atom stereocenters. The van der Waals surface area contributed by atoms with Crippen LogP contribution in [0.4, 0.5) is 0 Å². The van der Waals surface area contributed by atoms with Crippen molar-refractivity contribution in [1.29, 1.82) is 0 Å². The Morgan fingerprint density at radius 3 is 2.08 bits per heavy atom. The van der Waals surface area contributed by atoms with Crippen molar-refractivity contribution in [2.45, 2.75) is 59.4 Å². The van der Waals surface area contributed by atoms with Crippen LogP contribution in [0.3, 0.4) is 0 Å². The minimum Gasteiger partial charge on any atom is -0.493 e. The van der Waals surface area contributed by atoms with Crippen molar-refractivity contribution in [3.8, 4) is 17.2 Å². The smallest absolute Gasteiger partial charge is 0.323 e. The number of hydrogen-bond donors (Lipinski definition) is 2. The van der Waals surface area contributed by atoms with E-state index in [1.807, 2.05) is 46.8 Å². The standard InChI is InChI=1S/C20H33NO5/c1-7-24-15-10-11-16(25-8-2)18(26-9-3)17(15)14(5)13(4)12-20(6,21)19(22)23/h10-11,13-14H,7-9,12,21H2,1-6H3,(H,22,23). The van der Waals surface area contributed by atoms with Gasteiger partial charge in [-0.3, -0.25) is 4.79 Å². The Balaban J connectivity index is 3.35. The van der Waals surface area contributed by atoms with Crippen LogP contribution >= 0.6 is 0 Å². The average Bonchev–Trinajstić information content (AvgIpc) is 2.56. The summed E-state index contributed by atoms with van der Waals surface area (Å²) in [5, 5.41) is 9.34. The number of aliphatic carboxylic acids is 1. The van der Waals surface area contributed by atoms with Gasteiger partial charge in [0.15, 0.2) is 11.5 Å². The first-order valence-corrected chi connectivity index (χ1v) is 9.27. The Labute approximate surface area is 156 Å². The SMILES string of the molecule is CCOc1ccc(OCC)c(C(C)C(C)CC(C)(N)C(=O)O)c1OCC. The second-order valence-electron chi connectivity index (χ2n) is 6.80. The molecule has 0 bridgehead atoms. The van der Waals surface area contributed by atoms with Gasteiger partial charge in [0.05, 0.1) is 19.8 Å². The highest BCUT2D eigenvalue weighted by Gasteiger charge is 2.34. The predicted molar refractivity (Wildman–Crippen MR) is 102 cm³/mol. The van der Waals surface area contributed by atoms with Crippen molar-refractivity contribution >= 4 is 5.97 Å². The lowest BCUT2D eigenvalue weighted by atomic mass is 9.80. The Hall–Kier alpha value is -1.95. The summed E-state index contributed by atoms with van der Waals surface area (Å²) in [6.45, 7) is 12.9. The first kappa shape index (κ1) is 22.1. The van der Waals surface area contributed by atoms with E-state index in [0.29, 0.717) is 37.7 Å². The second kappa shape index (κ2) is 9.67. The topological polar surface area (TPSA) is 91.0 Å². The van der Waals surface area contributed by atoms with Crippen LogP contribution in [-0.2, 0) is 4.79 Å². The Kier molecular flexibility index (Phi) is 8.21. The number of ether oxygens (including phenoxy) is 3. The highest BCUT2D eigenvalue weighted by atomic mass is 16.5. The van der Waals surface area contributed by atoms with E-state index in [1.165, 1.54) is 0 Å². The quantitative estimate of drug-likeness (QED) is 0.618. The highest BCUT2D eigenvalue weighted by molar-refractivity contribution is 5.77. The number of benzene rings is 1. The molecule has 148 valence electrons. The maximum Gasteiger partial charge on any atom is 0.323 e. The molecule has 0 saturated heterocycles. The van der Waals surface area contributed by atoms with E-state index in [-0.39, 0.29) is 11.8 Å². The number of carboxylic acids is 1. The molecule has 6 nitrogen and oxygen atoms in total. The Morgan fingerprint density at radius 2 is 1.58 bits per heavy atom. The number of rotatable bonds is 11. The molecule has 0 fully saturated rings. The van der Waals surface area contributed by atoms with Gasteiger partial charge >= 0.3 is 5.97 Å². The molecule has 1 aromatic rings. The second-order valence-corrected chi connectivity index (χ2v) is 6.80. The molecule has 0 saturated carbocycles. The Morgan fingerprint density at radius 1 is 1.08 bits per heavy atom. The van der Waals surface area contributed by atoms with Gasteiger partial charge < -0.3 is 25.1 Å². The summed E-state index contributed by atoms with van der Waals surface area (Å²) >= 11 is 0. The third-order valence-electron chi connectivity index (χ3n) is 4.55. The molecule has 0 aliphatic heterocycles. The molecule has 3 atom stereocenters. The third kappa shape index (κ3) is 5.27. The molecule has 0 amide bonds. The van der Waals surface area contributed by atoms with E-state index in [0.717, 1.165) is 11.3 Å².